The van der Waals surface area contributed by atoms with Gasteiger partial charge in [0.25, 0.3) is 0 Å². The standard InChI is InChI=1S/C24H25F3N8O/c1-13(14-3-6-35(7-4-14)22(36)19-2-5-29-19)33-23-32-10-15(9-28)20(34-23)18-12-31-21-17(18)8-16(11-30-21)24(25,26)27/h8,10-14,19,29H,2-7H2,1H3,(H,30,31)(H,32,33,34)/t13-,19?/m1/s1. The Kier molecular flexibility index (Phi) is 6.26. The van der Waals surface area contributed by atoms with E-state index in [-0.39, 0.29) is 52.1 Å². The molecule has 2 fully saturated rings. The summed E-state index contributed by atoms with van der Waals surface area (Å²) in [5, 5.41) is 16.2. The van der Waals surface area contributed by atoms with Gasteiger partial charge in [-0.25, -0.2) is 15.0 Å². The third kappa shape index (κ3) is 4.58. The van der Waals surface area contributed by atoms with E-state index in [0.717, 1.165) is 38.1 Å². The number of anilines is 1. The van der Waals surface area contributed by atoms with Crippen LogP contribution >= 0.6 is 0 Å². The molecule has 0 bridgehead atoms. The van der Waals surface area contributed by atoms with Gasteiger partial charge in [-0.05, 0) is 44.7 Å². The quantitative estimate of drug-likeness (QED) is 0.493. The van der Waals surface area contributed by atoms with Gasteiger partial charge < -0.3 is 20.5 Å². The molecule has 12 heteroatoms. The number of amides is 1. The van der Waals surface area contributed by atoms with Crippen LogP contribution in [0.15, 0.2) is 24.7 Å². The van der Waals surface area contributed by atoms with Crippen molar-refractivity contribution in [3.8, 4) is 17.3 Å². The van der Waals surface area contributed by atoms with E-state index < -0.39 is 11.7 Å². The maximum Gasteiger partial charge on any atom is 0.417 e. The first kappa shape index (κ1) is 24.0. The first-order valence-electron chi connectivity index (χ1n) is 11.8. The van der Waals surface area contributed by atoms with Crippen LogP contribution in [-0.2, 0) is 11.0 Å². The highest BCUT2D eigenvalue weighted by Gasteiger charge is 2.33. The molecular weight excluding hydrogens is 473 g/mol. The van der Waals surface area contributed by atoms with Gasteiger partial charge in [0.15, 0.2) is 0 Å². The number of fused-ring (bicyclic) bond motifs is 1. The SMILES string of the molecule is C[C@@H](Nc1ncc(C#N)c(-c2c[nH]c3ncc(C(F)(F)F)cc23)n1)C1CCN(C(=O)C2CCN2)CC1. The summed E-state index contributed by atoms with van der Waals surface area (Å²) in [5.41, 5.74) is 0.0932. The summed E-state index contributed by atoms with van der Waals surface area (Å²) in [5.74, 6) is 0.739. The summed E-state index contributed by atoms with van der Waals surface area (Å²) in [6, 6.07) is 2.97. The lowest BCUT2D eigenvalue weighted by atomic mass is 9.89. The topological polar surface area (TPSA) is 123 Å². The molecule has 9 nitrogen and oxygen atoms in total. The van der Waals surface area contributed by atoms with Crippen molar-refractivity contribution < 1.29 is 18.0 Å². The molecule has 0 aliphatic carbocycles. The number of alkyl halides is 3. The van der Waals surface area contributed by atoms with E-state index in [1.54, 1.807) is 0 Å². The molecule has 1 amide bonds. The number of hydrogen-bond acceptors (Lipinski definition) is 7. The van der Waals surface area contributed by atoms with E-state index in [9.17, 15) is 23.2 Å². The van der Waals surface area contributed by atoms with Crippen molar-refractivity contribution in [1.82, 2.24) is 30.2 Å². The Balaban J connectivity index is 1.34. The van der Waals surface area contributed by atoms with Crippen LogP contribution in [0.2, 0.25) is 0 Å². The van der Waals surface area contributed by atoms with Crippen molar-refractivity contribution in [2.24, 2.45) is 5.92 Å². The number of piperidine rings is 1. The zero-order valence-electron chi connectivity index (χ0n) is 19.6. The molecule has 2 saturated heterocycles. The molecule has 36 heavy (non-hydrogen) atoms. The number of nitriles is 1. The molecule has 0 aromatic carbocycles. The van der Waals surface area contributed by atoms with Gasteiger partial charge in [-0.2, -0.15) is 18.4 Å². The van der Waals surface area contributed by atoms with Crippen LogP contribution < -0.4 is 10.6 Å². The van der Waals surface area contributed by atoms with E-state index in [2.05, 4.69) is 30.6 Å². The number of carbonyl (C=O) groups is 1. The van der Waals surface area contributed by atoms with Gasteiger partial charge >= 0.3 is 6.18 Å². The van der Waals surface area contributed by atoms with E-state index in [4.69, 9.17) is 0 Å². The largest absolute Gasteiger partial charge is 0.417 e. The van der Waals surface area contributed by atoms with Crippen LogP contribution in [0.25, 0.3) is 22.3 Å². The van der Waals surface area contributed by atoms with Gasteiger partial charge in [-0.1, -0.05) is 0 Å². The van der Waals surface area contributed by atoms with Crippen molar-refractivity contribution in [3.05, 3.63) is 35.8 Å². The Labute approximate surface area is 205 Å². The number of carbonyl (C=O) groups excluding carboxylic acids is 1. The number of likely N-dealkylation sites (tertiary alicyclic amines) is 1. The van der Waals surface area contributed by atoms with Gasteiger partial charge in [-0.3, -0.25) is 4.79 Å². The predicted octanol–water partition coefficient (Wildman–Crippen LogP) is 3.31. The maximum absolute atomic E-state index is 13.3. The Bertz CT molecular complexity index is 1320. The lowest BCUT2D eigenvalue weighted by Crippen LogP contribution is -2.56. The number of nitrogens with one attached hydrogen (secondary N) is 3. The molecule has 2 aliphatic rings. The number of nitrogens with zero attached hydrogens (tertiary/aromatic N) is 5. The van der Waals surface area contributed by atoms with Crippen molar-refractivity contribution in [3.63, 3.8) is 0 Å². The van der Waals surface area contributed by atoms with Gasteiger partial charge in [0.1, 0.15) is 11.7 Å². The van der Waals surface area contributed by atoms with Crippen LogP contribution in [0, 0.1) is 17.2 Å². The molecule has 2 atom stereocenters. The molecule has 5 rings (SSSR count). The van der Waals surface area contributed by atoms with Crippen LogP contribution in [0.1, 0.15) is 37.3 Å². The fourth-order valence-corrected chi connectivity index (χ4v) is 4.75. The second-order valence-corrected chi connectivity index (χ2v) is 9.28. The minimum atomic E-state index is -4.55. The van der Waals surface area contributed by atoms with E-state index in [1.165, 1.54) is 12.4 Å². The van der Waals surface area contributed by atoms with Crippen LogP contribution in [0.3, 0.4) is 0 Å². The van der Waals surface area contributed by atoms with Crippen molar-refractivity contribution in [2.45, 2.75) is 44.4 Å². The van der Waals surface area contributed by atoms with Gasteiger partial charge in [0.05, 0.1) is 29.1 Å². The molecule has 0 spiro atoms. The number of aromatic nitrogens is 4. The Morgan fingerprint density at radius 2 is 2.00 bits per heavy atom. The first-order valence-corrected chi connectivity index (χ1v) is 11.8. The highest BCUT2D eigenvalue weighted by Crippen LogP contribution is 2.35. The molecule has 3 aromatic rings. The molecular formula is C24H25F3N8O. The zero-order valence-corrected chi connectivity index (χ0v) is 19.6. The van der Waals surface area contributed by atoms with E-state index in [0.29, 0.717) is 18.7 Å². The number of aromatic amines is 1. The molecule has 2 aliphatic heterocycles. The van der Waals surface area contributed by atoms with E-state index >= 15 is 0 Å². The second kappa shape index (κ2) is 9.39. The summed E-state index contributed by atoms with van der Waals surface area (Å²) >= 11 is 0. The Morgan fingerprint density at radius 1 is 1.25 bits per heavy atom. The molecule has 3 aromatic heterocycles. The number of rotatable bonds is 5. The lowest BCUT2D eigenvalue weighted by molar-refractivity contribution is -0.138. The number of hydrogen-bond donors (Lipinski definition) is 3. The van der Waals surface area contributed by atoms with Gasteiger partial charge in [0, 0.05) is 42.5 Å². The second-order valence-electron chi connectivity index (χ2n) is 9.28. The average molecular weight is 499 g/mol. The highest BCUT2D eigenvalue weighted by atomic mass is 19.4. The molecule has 1 unspecified atom stereocenters. The Hall–Kier alpha value is -3.72. The molecule has 0 saturated carbocycles. The lowest BCUT2D eigenvalue weighted by Gasteiger charge is -2.38. The van der Waals surface area contributed by atoms with Gasteiger partial charge in [-0.15, -0.1) is 0 Å². The summed E-state index contributed by atoms with van der Waals surface area (Å²) in [7, 11) is 0. The smallest absolute Gasteiger partial charge is 0.351 e. The summed E-state index contributed by atoms with van der Waals surface area (Å²) in [4.78, 5) is 29.9. The van der Waals surface area contributed by atoms with Gasteiger partial charge in [0.2, 0.25) is 11.9 Å². The molecule has 0 radical (unpaired) electrons. The van der Waals surface area contributed by atoms with Crippen molar-refractivity contribution in [1.29, 1.82) is 5.26 Å². The normalized spacial score (nSPS) is 19.5. The summed E-state index contributed by atoms with van der Waals surface area (Å²) in [6.45, 7) is 4.29. The third-order valence-corrected chi connectivity index (χ3v) is 7.06. The van der Waals surface area contributed by atoms with Crippen molar-refractivity contribution in [2.75, 3.05) is 25.0 Å². The van der Waals surface area contributed by atoms with Crippen LogP contribution in [0.5, 0.6) is 0 Å². The van der Waals surface area contributed by atoms with Crippen LogP contribution in [0.4, 0.5) is 19.1 Å². The molecule has 3 N–H and O–H groups in total. The number of H-pyrrole nitrogens is 1. The summed E-state index contributed by atoms with van der Waals surface area (Å²) in [6.07, 6.45) is 1.65. The Morgan fingerprint density at radius 3 is 2.64 bits per heavy atom. The minimum absolute atomic E-state index is 0.00802. The fraction of sp³-hybridized carbons (Fsp3) is 0.458. The monoisotopic (exact) mass is 498 g/mol. The molecule has 5 heterocycles. The predicted molar refractivity (Wildman–Crippen MR) is 126 cm³/mol. The van der Waals surface area contributed by atoms with E-state index in [1.807, 2.05) is 17.9 Å². The van der Waals surface area contributed by atoms with Crippen LogP contribution in [-0.4, -0.2) is 62.5 Å². The molecule has 188 valence electrons. The van der Waals surface area contributed by atoms with Crippen molar-refractivity contribution >= 4 is 22.9 Å². The highest BCUT2D eigenvalue weighted by molar-refractivity contribution is 5.94. The average Bonchev–Trinajstić information content (AvgIpc) is 3.25. The minimum Gasteiger partial charge on any atom is -0.351 e. The number of pyridine rings is 1. The third-order valence-electron chi connectivity index (χ3n) is 7.06. The maximum atomic E-state index is 13.3. The first-order chi connectivity index (χ1) is 17.2. The zero-order chi connectivity index (χ0) is 25.4. The fourth-order valence-electron chi connectivity index (χ4n) is 4.75. The number of halogens is 3. The summed E-state index contributed by atoms with van der Waals surface area (Å²) < 4.78 is 39.8.